The van der Waals surface area contributed by atoms with E-state index in [-0.39, 0.29) is 23.4 Å². The minimum absolute atomic E-state index is 0.0232. The molecule has 25 heavy (non-hydrogen) atoms. The Morgan fingerprint density at radius 1 is 1.04 bits per heavy atom. The minimum atomic E-state index is -1.82. The fourth-order valence-electron chi connectivity index (χ4n) is 2.06. The van der Waals surface area contributed by atoms with Crippen LogP contribution in [0.25, 0.3) is 11.4 Å². The van der Waals surface area contributed by atoms with Gasteiger partial charge in [0.25, 0.3) is 0 Å². The predicted octanol–water partition coefficient (Wildman–Crippen LogP) is 4.43. The summed E-state index contributed by atoms with van der Waals surface area (Å²) in [6, 6.07) is 5.70. The van der Waals surface area contributed by atoms with Crippen LogP contribution in [-0.4, -0.2) is 27.0 Å². The van der Waals surface area contributed by atoms with Crippen molar-refractivity contribution in [1.29, 1.82) is 0 Å². The van der Waals surface area contributed by atoms with E-state index in [1.54, 1.807) is 12.1 Å². The van der Waals surface area contributed by atoms with E-state index in [0.29, 0.717) is 12.1 Å². The summed E-state index contributed by atoms with van der Waals surface area (Å²) in [4.78, 5) is 12.7. The third-order valence-electron chi connectivity index (χ3n) is 4.00. The molecule has 0 atom stereocenters. The van der Waals surface area contributed by atoms with Crippen molar-refractivity contribution in [1.82, 2.24) is 15.0 Å². The van der Waals surface area contributed by atoms with Gasteiger partial charge in [-0.05, 0) is 37.1 Å². The van der Waals surface area contributed by atoms with Gasteiger partial charge in [0, 0.05) is 17.6 Å². The Morgan fingerprint density at radius 3 is 2.16 bits per heavy atom. The van der Waals surface area contributed by atoms with Crippen LogP contribution in [0, 0.1) is 5.82 Å². The van der Waals surface area contributed by atoms with Gasteiger partial charge in [0.05, 0.1) is 0 Å². The Bertz CT molecular complexity index is 715. The van der Waals surface area contributed by atoms with Crippen molar-refractivity contribution in [2.24, 2.45) is 5.73 Å². The smallest absolute Gasteiger partial charge is 0.250 e. The first kappa shape index (κ1) is 20.1. The van der Waals surface area contributed by atoms with Gasteiger partial charge in [-0.2, -0.15) is 9.97 Å². The molecule has 9 heteroatoms. The van der Waals surface area contributed by atoms with Crippen LogP contribution in [0.3, 0.4) is 0 Å². The van der Waals surface area contributed by atoms with Gasteiger partial charge in [-0.3, -0.25) is 0 Å². The summed E-state index contributed by atoms with van der Waals surface area (Å²) >= 11 is 17.8. The maximum Gasteiger partial charge on any atom is 0.250 e. The second kappa shape index (κ2) is 7.99. The van der Waals surface area contributed by atoms with Crippen molar-refractivity contribution in [3.8, 4) is 11.4 Å². The SMILES string of the molecule is CCC(N)(CC)CNc1nc(-c2ccc(F)cc2)nc(C(Cl)(Cl)Cl)n1. The number of nitrogens with two attached hydrogens (primary N) is 1. The predicted molar refractivity (Wildman–Crippen MR) is 100 cm³/mol. The van der Waals surface area contributed by atoms with Gasteiger partial charge in [-0.1, -0.05) is 48.7 Å². The number of nitrogens with zero attached hydrogens (tertiary/aromatic N) is 3. The third-order valence-corrected chi connectivity index (χ3v) is 4.51. The van der Waals surface area contributed by atoms with E-state index in [0.717, 1.165) is 12.8 Å². The van der Waals surface area contributed by atoms with Crippen LogP contribution in [0.1, 0.15) is 32.5 Å². The molecule has 1 aromatic heterocycles. The van der Waals surface area contributed by atoms with Gasteiger partial charge in [0.2, 0.25) is 9.74 Å². The molecule has 1 aromatic carbocycles. The zero-order chi connectivity index (χ0) is 18.7. The Labute approximate surface area is 161 Å². The topological polar surface area (TPSA) is 76.7 Å². The molecule has 2 rings (SSSR count). The number of nitrogens with one attached hydrogen (secondary N) is 1. The number of rotatable bonds is 6. The summed E-state index contributed by atoms with van der Waals surface area (Å²) in [5, 5.41) is 3.08. The van der Waals surface area contributed by atoms with Crippen LogP contribution >= 0.6 is 34.8 Å². The van der Waals surface area contributed by atoms with Gasteiger partial charge in [0.15, 0.2) is 11.6 Å². The lowest BCUT2D eigenvalue weighted by Gasteiger charge is -2.27. The van der Waals surface area contributed by atoms with Crippen LogP contribution in [0.15, 0.2) is 24.3 Å². The van der Waals surface area contributed by atoms with E-state index in [4.69, 9.17) is 40.5 Å². The average molecular weight is 407 g/mol. The van der Waals surface area contributed by atoms with Crippen molar-refractivity contribution < 1.29 is 4.39 Å². The monoisotopic (exact) mass is 405 g/mol. The molecule has 136 valence electrons. The molecule has 1 heterocycles. The van der Waals surface area contributed by atoms with Gasteiger partial charge in [-0.15, -0.1) is 0 Å². The number of hydrogen-bond acceptors (Lipinski definition) is 5. The Hall–Kier alpha value is -1.21. The number of hydrogen-bond donors (Lipinski definition) is 2. The maximum absolute atomic E-state index is 13.1. The summed E-state index contributed by atoms with van der Waals surface area (Å²) in [7, 11) is 0. The highest BCUT2D eigenvalue weighted by Crippen LogP contribution is 2.36. The molecular formula is C16H19Cl3FN5. The standard InChI is InChI=1S/C16H19Cl3FN5/c1-3-15(21,4-2)9-22-14-24-12(10-5-7-11(20)8-6-10)23-13(25-14)16(17,18)19/h5-8H,3-4,9,21H2,1-2H3,(H,22,23,24,25). The van der Waals surface area contributed by atoms with E-state index in [2.05, 4.69) is 20.3 Å². The molecule has 3 N–H and O–H groups in total. The Morgan fingerprint density at radius 2 is 1.64 bits per heavy atom. The molecule has 0 amide bonds. The summed E-state index contributed by atoms with van der Waals surface area (Å²) in [5.74, 6) is 0.128. The first-order valence-corrected chi connectivity index (χ1v) is 8.92. The van der Waals surface area contributed by atoms with Crippen LogP contribution < -0.4 is 11.1 Å². The average Bonchev–Trinajstić information content (AvgIpc) is 2.59. The molecule has 0 aliphatic heterocycles. The molecular weight excluding hydrogens is 388 g/mol. The molecule has 2 aromatic rings. The fourth-order valence-corrected chi connectivity index (χ4v) is 2.32. The van der Waals surface area contributed by atoms with Crippen LogP contribution in [0.4, 0.5) is 10.3 Å². The Balaban J connectivity index is 2.39. The third kappa shape index (κ3) is 5.38. The highest BCUT2D eigenvalue weighted by atomic mass is 35.6. The first-order chi connectivity index (χ1) is 11.7. The number of anilines is 1. The molecule has 0 unspecified atom stereocenters. The molecule has 0 aliphatic carbocycles. The van der Waals surface area contributed by atoms with E-state index >= 15 is 0 Å². The second-order valence-electron chi connectivity index (χ2n) is 5.73. The molecule has 0 spiro atoms. The molecule has 0 saturated heterocycles. The summed E-state index contributed by atoms with van der Waals surface area (Å²) < 4.78 is 11.3. The number of benzene rings is 1. The first-order valence-electron chi connectivity index (χ1n) is 7.79. The zero-order valence-corrected chi connectivity index (χ0v) is 16.1. The largest absolute Gasteiger partial charge is 0.352 e. The van der Waals surface area contributed by atoms with Crippen molar-refractivity contribution in [2.45, 2.75) is 36.0 Å². The lowest BCUT2D eigenvalue weighted by molar-refractivity contribution is 0.417. The van der Waals surface area contributed by atoms with E-state index in [1.165, 1.54) is 12.1 Å². The highest BCUT2D eigenvalue weighted by Gasteiger charge is 2.29. The fraction of sp³-hybridized carbons (Fsp3) is 0.438. The van der Waals surface area contributed by atoms with E-state index < -0.39 is 9.33 Å². The molecule has 0 saturated carbocycles. The molecule has 0 fully saturated rings. The van der Waals surface area contributed by atoms with Gasteiger partial charge < -0.3 is 11.1 Å². The Kier molecular flexibility index (Phi) is 6.43. The normalized spacial score (nSPS) is 12.3. The number of aromatic nitrogens is 3. The van der Waals surface area contributed by atoms with Gasteiger partial charge >= 0.3 is 0 Å². The van der Waals surface area contributed by atoms with Crippen molar-refractivity contribution in [3.05, 3.63) is 35.9 Å². The highest BCUT2D eigenvalue weighted by molar-refractivity contribution is 6.66. The number of alkyl halides is 3. The summed E-state index contributed by atoms with van der Waals surface area (Å²) in [6.07, 6.45) is 1.56. The minimum Gasteiger partial charge on any atom is -0.352 e. The van der Waals surface area contributed by atoms with E-state index in [1.807, 2.05) is 13.8 Å². The van der Waals surface area contributed by atoms with Crippen LogP contribution in [-0.2, 0) is 3.79 Å². The van der Waals surface area contributed by atoms with Crippen molar-refractivity contribution in [2.75, 3.05) is 11.9 Å². The van der Waals surface area contributed by atoms with Crippen LogP contribution in [0.2, 0.25) is 0 Å². The number of halogens is 4. The molecule has 0 radical (unpaired) electrons. The van der Waals surface area contributed by atoms with Gasteiger partial charge in [-0.25, -0.2) is 9.37 Å². The second-order valence-corrected chi connectivity index (χ2v) is 8.02. The molecule has 5 nitrogen and oxygen atoms in total. The summed E-state index contributed by atoms with van der Waals surface area (Å²) in [6.45, 7) is 4.47. The quantitative estimate of drug-likeness (QED) is 0.694. The lowest BCUT2D eigenvalue weighted by Crippen LogP contribution is -2.45. The van der Waals surface area contributed by atoms with Crippen molar-refractivity contribution >= 4 is 40.8 Å². The van der Waals surface area contributed by atoms with Crippen LogP contribution in [0.5, 0.6) is 0 Å². The zero-order valence-electron chi connectivity index (χ0n) is 13.9. The van der Waals surface area contributed by atoms with Gasteiger partial charge in [0.1, 0.15) is 5.82 Å². The van der Waals surface area contributed by atoms with Crippen molar-refractivity contribution in [3.63, 3.8) is 0 Å². The molecule has 0 aliphatic rings. The molecule has 0 bridgehead atoms. The van der Waals surface area contributed by atoms with E-state index in [9.17, 15) is 4.39 Å². The lowest BCUT2D eigenvalue weighted by atomic mass is 9.94. The maximum atomic E-state index is 13.1. The summed E-state index contributed by atoms with van der Waals surface area (Å²) in [5.41, 5.74) is 6.46.